The van der Waals surface area contributed by atoms with Crippen LogP contribution < -0.4 is 10.1 Å². The van der Waals surface area contributed by atoms with Crippen molar-refractivity contribution < 1.29 is 18.7 Å². The third-order valence-electron chi connectivity index (χ3n) is 5.44. The van der Waals surface area contributed by atoms with Crippen molar-refractivity contribution in [2.24, 2.45) is 5.92 Å². The predicted octanol–water partition coefficient (Wildman–Crippen LogP) is 3.24. The molecule has 1 heterocycles. The summed E-state index contributed by atoms with van der Waals surface area (Å²) < 4.78 is 18.7. The molecule has 3 rings (SSSR count). The van der Waals surface area contributed by atoms with Crippen LogP contribution in [0.4, 0.5) is 4.39 Å². The molecule has 29 heavy (non-hydrogen) atoms. The number of piperidine rings is 1. The van der Waals surface area contributed by atoms with E-state index in [0.29, 0.717) is 44.5 Å². The van der Waals surface area contributed by atoms with Gasteiger partial charge in [0.15, 0.2) is 0 Å². The lowest BCUT2D eigenvalue weighted by Crippen LogP contribution is -2.43. The number of hydrogen-bond donors (Lipinski definition) is 1. The number of methoxy groups -OCH3 is 1. The Bertz CT molecular complexity index is 859. The van der Waals surface area contributed by atoms with Gasteiger partial charge in [0.25, 0.3) is 0 Å². The largest absolute Gasteiger partial charge is 0.497 e. The molecule has 1 saturated heterocycles. The maximum absolute atomic E-state index is 13.6. The molecule has 5 nitrogen and oxygen atoms in total. The molecule has 0 aliphatic carbocycles. The summed E-state index contributed by atoms with van der Waals surface area (Å²) in [4.78, 5) is 26.8. The number of carbonyl (C=O) groups is 2. The number of ether oxygens (including phenoxy) is 1. The minimum Gasteiger partial charge on any atom is -0.497 e. The number of likely N-dealkylation sites (tertiary alicyclic amines) is 1. The van der Waals surface area contributed by atoms with Gasteiger partial charge < -0.3 is 15.0 Å². The van der Waals surface area contributed by atoms with Crippen LogP contribution in [0, 0.1) is 18.7 Å². The molecule has 154 valence electrons. The second kappa shape index (κ2) is 9.54. The SMILES string of the molecule is COc1ccc(CC(=O)N2CCC(C(=O)NCc3ccc(C)c(F)c3)CC2)cc1. The summed E-state index contributed by atoms with van der Waals surface area (Å²) in [5, 5.41) is 2.89. The molecular weight excluding hydrogens is 371 g/mol. The van der Waals surface area contributed by atoms with E-state index in [2.05, 4.69) is 5.32 Å². The van der Waals surface area contributed by atoms with E-state index in [1.54, 1.807) is 20.1 Å². The number of hydrogen-bond acceptors (Lipinski definition) is 3. The van der Waals surface area contributed by atoms with Crippen LogP contribution in [0.2, 0.25) is 0 Å². The maximum Gasteiger partial charge on any atom is 0.226 e. The van der Waals surface area contributed by atoms with Crippen LogP contribution in [0.15, 0.2) is 42.5 Å². The zero-order valence-electron chi connectivity index (χ0n) is 16.9. The summed E-state index contributed by atoms with van der Waals surface area (Å²) >= 11 is 0. The van der Waals surface area contributed by atoms with E-state index in [-0.39, 0.29) is 23.5 Å². The molecule has 2 aromatic rings. The van der Waals surface area contributed by atoms with Gasteiger partial charge in [-0.2, -0.15) is 0 Å². The number of rotatable bonds is 6. The number of amides is 2. The predicted molar refractivity (Wildman–Crippen MR) is 109 cm³/mol. The van der Waals surface area contributed by atoms with Crippen molar-refractivity contribution in [1.29, 1.82) is 0 Å². The van der Waals surface area contributed by atoms with Gasteiger partial charge >= 0.3 is 0 Å². The topological polar surface area (TPSA) is 58.6 Å². The van der Waals surface area contributed by atoms with E-state index in [0.717, 1.165) is 16.9 Å². The second-order valence-corrected chi connectivity index (χ2v) is 7.48. The minimum absolute atomic E-state index is 0.0340. The standard InChI is InChI=1S/C23H27FN2O3/c1-16-3-4-18(13-21(16)24)15-25-23(28)19-9-11-26(12-10-19)22(27)14-17-5-7-20(29-2)8-6-17/h3-8,13,19H,9-12,14-15H2,1-2H3,(H,25,28). The maximum atomic E-state index is 13.6. The quantitative estimate of drug-likeness (QED) is 0.813. The van der Waals surface area contributed by atoms with Crippen LogP contribution in [-0.4, -0.2) is 36.9 Å². The average Bonchev–Trinajstić information content (AvgIpc) is 2.75. The molecule has 0 atom stereocenters. The fourth-order valence-corrected chi connectivity index (χ4v) is 3.50. The van der Waals surface area contributed by atoms with Gasteiger partial charge in [0, 0.05) is 25.6 Å². The summed E-state index contributed by atoms with van der Waals surface area (Å²) in [6.07, 6.45) is 1.63. The molecule has 6 heteroatoms. The molecular formula is C23H27FN2O3. The average molecular weight is 398 g/mol. The Morgan fingerprint density at radius 3 is 2.38 bits per heavy atom. The first-order chi connectivity index (χ1) is 14.0. The molecule has 0 saturated carbocycles. The number of aryl methyl sites for hydroxylation is 1. The van der Waals surface area contributed by atoms with Gasteiger partial charge in [-0.1, -0.05) is 24.3 Å². The summed E-state index contributed by atoms with van der Waals surface area (Å²) in [6.45, 7) is 3.17. The fourth-order valence-electron chi connectivity index (χ4n) is 3.50. The number of nitrogens with zero attached hydrogens (tertiary/aromatic N) is 1. The smallest absolute Gasteiger partial charge is 0.226 e. The van der Waals surface area contributed by atoms with E-state index in [9.17, 15) is 14.0 Å². The Hall–Kier alpha value is -2.89. The monoisotopic (exact) mass is 398 g/mol. The zero-order valence-corrected chi connectivity index (χ0v) is 16.9. The van der Waals surface area contributed by atoms with Gasteiger partial charge in [0.2, 0.25) is 11.8 Å². The molecule has 1 aliphatic heterocycles. The summed E-state index contributed by atoms with van der Waals surface area (Å²) in [7, 11) is 1.61. The Kier molecular flexibility index (Phi) is 6.86. The van der Waals surface area contributed by atoms with E-state index >= 15 is 0 Å². The first-order valence-corrected chi connectivity index (χ1v) is 9.89. The highest BCUT2D eigenvalue weighted by Crippen LogP contribution is 2.19. The van der Waals surface area contributed by atoms with Gasteiger partial charge in [-0.3, -0.25) is 9.59 Å². The summed E-state index contributed by atoms with van der Waals surface area (Å²) in [5.74, 6) is 0.426. The third kappa shape index (κ3) is 5.56. The first-order valence-electron chi connectivity index (χ1n) is 9.89. The van der Waals surface area contributed by atoms with Gasteiger partial charge in [0.05, 0.1) is 13.5 Å². The van der Waals surface area contributed by atoms with Crippen LogP contribution in [-0.2, 0) is 22.6 Å². The molecule has 0 radical (unpaired) electrons. The minimum atomic E-state index is -0.263. The lowest BCUT2D eigenvalue weighted by molar-refractivity contribution is -0.135. The molecule has 0 aromatic heterocycles. The lowest BCUT2D eigenvalue weighted by Gasteiger charge is -2.31. The molecule has 0 unspecified atom stereocenters. The second-order valence-electron chi connectivity index (χ2n) is 7.48. The van der Waals surface area contributed by atoms with Crippen molar-refractivity contribution >= 4 is 11.8 Å². The van der Waals surface area contributed by atoms with Crippen molar-refractivity contribution in [2.75, 3.05) is 20.2 Å². The van der Waals surface area contributed by atoms with Crippen LogP contribution in [0.3, 0.4) is 0 Å². The van der Waals surface area contributed by atoms with E-state index < -0.39 is 0 Å². The molecule has 1 fully saturated rings. The normalized spacial score (nSPS) is 14.5. The van der Waals surface area contributed by atoms with E-state index in [1.807, 2.05) is 35.2 Å². The lowest BCUT2D eigenvalue weighted by atomic mass is 9.95. The van der Waals surface area contributed by atoms with Crippen LogP contribution in [0.1, 0.15) is 29.5 Å². The third-order valence-corrected chi connectivity index (χ3v) is 5.44. The number of carbonyl (C=O) groups excluding carboxylic acids is 2. The molecule has 1 N–H and O–H groups in total. The Labute approximate surface area is 170 Å². The number of benzene rings is 2. The molecule has 2 amide bonds. The molecule has 0 bridgehead atoms. The van der Waals surface area contributed by atoms with Crippen LogP contribution in [0.5, 0.6) is 5.75 Å². The molecule has 0 spiro atoms. The number of nitrogens with one attached hydrogen (secondary N) is 1. The van der Waals surface area contributed by atoms with Crippen LogP contribution >= 0.6 is 0 Å². The van der Waals surface area contributed by atoms with Crippen molar-refractivity contribution in [3.05, 3.63) is 65.0 Å². The van der Waals surface area contributed by atoms with Gasteiger partial charge in [-0.15, -0.1) is 0 Å². The summed E-state index contributed by atoms with van der Waals surface area (Å²) in [6, 6.07) is 12.5. The molecule has 2 aromatic carbocycles. The highest BCUT2D eigenvalue weighted by atomic mass is 19.1. The highest BCUT2D eigenvalue weighted by molar-refractivity contribution is 5.81. The Morgan fingerprint density at radius 2 is 1.76 bits per heavy atom. The van der Waals surface area contributed by atoms with Crippen molar-refractivity contribution in [1.82, 2.24) is 10.2 Å². The van der Waals surface area contributed by atoms with Crippen LogP contribution in [0.25, 0.3) is 0 Å². The summed E-state index contributed by atoms with van der Waals surface area (Å²) in [5.41, 5.74) is 2.28. The zero-order chi connectivity index (χ0) is 20.8. The van der Waals surface area contributed by atoms with Gasteiger partial charge in [0.1, 0.15) is 11.6 Å². The van der Waals surface area contributed by atoms with Gasteiger partial charge in [-0.05, 0) is 54.7 Å². The van der Waals surface area contributed by atoms with Crippen molar-refractivity contribution in [2.45, 2.75) is 32.7 Å². The van der Waals surface area contributed by atoms with Crippen molar-refractivity contribution in [3.8, 4) is 5.75 Å². The number of halogens is 1. The van der Waals surface area contributed by atoms with Crippen molar-refractivity contribution in [3.63, 3.8) is 0 Å². The first kappa shape index (κ1) is 20.8. The van der Waals surface area contributed by atoms with E-state index in [4.69, 9.17) is 4.74 Å². The fraction of sp³-hybridized carbons (Fsp3) is 0.391. The Balaban J connectivity index is 1.44. The Morgan fingerprint density at radius 1 is 1.10 bits per heavy atom. The highest BCUT2D eigenvalue weighted by Gasteiger charge is 2.27. The molecule has 1 aliphatic rings. The van der Waals surface area contributed by atoms with E-state index in [1.165, 1.54) is 6.07 Å². The van der Waals surface area contributed by atoms with Gasteiger partial charge in [-0.25, -0.2) is 4.39 Å².